The second-order valence-electron chi connectivity index (χ2n) is 7.92. The number of hydrogen-bond donors (Lipinski definition) is 2. The summed E-state index contributed by atoms with van der Waals surface area (Å²) >= 11 is 1.35. The molecule has 33 heavy (non-hydrogen) atoms. The minimum absolute atomic E-state index is 0.140. The molecule has 0 bridgehead atoms. The van der Waals surface area contributed by atoms with Crippen LogP contribution in [0, 0.1) is 0 Å². The lowest BCUT2D eigenvalue weighted by Crippen LogP contribution is -2.46. The number of thiophene rings is 1. The van der Waals surface area contributed by atoms with Crippen LogP contribution in [0.2, 0.25) is 0 Å². The fourth-order valence-corrected chi connectivity index (χ4v) is 4.70. The molecule has 3 heterocycles. The molecule has 0 spiro atoms. The van der Waals surface area contributed by atoms with E-state index in [4.69, 9.17) is 9.47 Å². The maximum absolute atomic E-state index is 12.6. The van der Waals surface area contributed by atoms with E-state index < -0.39 is 5.97 Å². The van der Waals surface area contributed by atoms with Crippen molar-refractivity contribution in [1.29, 1.82) is 0 Å². The van der Waals surface area contributed by atoms with Gasteiger partial charge < -0.3 is 24.8 Å². The van der Waals surface area contributed by atoms with Gasteiger partial charge in [0.1, 0.15) is 0 Å². The van der Waals surface area contributed by atoms with Gasteiger partial charge in [0.25, 0.3) is 5.91 Å². The van der Waals surface area contributed by atoms with Crippen molar-refractivity contribution in [3.8, 4) is 11.5 Å². The predicted octanol–water partition coefficient (Wildman–Crippen LogP) is 3.75. The van der Waals surface area contributed by atoms with Gasteiger partial charge in [0, 0.05) is 32.7 Å². The minimum atomic E-state index is -1.03. The van der Waals surface area contributed by atoms with Gasteiger partial charge in [-0.15, -0.1) is 11.3 Å². The SMILES string of the molecule is O=C(O)c1ccc(N2CCN(Cc3ccc4c(c3)OCO4)CC2)c(NC(=O)c2cccs2)c1. The van der Waals surface area contributed by atoms with Crippen molar-refractivity contribution in [2.24, 2.45) is 0 Å². The number of nitrogens with zero attached hydrogens (tertiary/aromatic N) is 2. The van der Waals surface area contributed by atoms with Gasteiger partial charge in [-0.05, 0) is 47.3 Å². The van der Waals surface area contributed by atoms with E-state index >= 15 is 0 Å². The van der Waals surface area contributed by atoms with Crippen LogP contribution in [-0.2, 0) is 6.54 Å². The molecule has 2 aromatic carbocycles. The summed E-state index contributed by atoms with van der Waals surface area (Å²) in [4.78, 5) is 29.3. The highest BCUT2D eigenvalue weighted by Crippen LogP contribution is 2.33. The first kappa shape index (κ1) is 21.3. The number of piperazine rings is 1. The highest BCUT2D eigenvalue weighted by Gasteiger charge is 2.22. The summed E-state index contributed by atoms with van der Waals surface area (Å²) in [6.07, 6.45) is 0. The summed E-state index contributed by atoms with van der Waals surface area (Å²) in [5.74, 6) is 0.304. The Balaban J connectivity index is 1.28. The quantitative estimate of drug-likeness (QED) is 0.573. The lowest BCUT2D eigenvalue weighted by Gasteiger charge is -2.37. The molecular formula is C24H23N3O5S. The number of hydrogen-bond acceptors (Lipinski definition) is 7. The smallest absolute Gasteiger partial charge is 0.335 e. The second kappa shape index (κ2) is 9.13. The van der Waals surface area contributed by atoms with Crippen LogP contribution in [0.3, 0.4) is 0 Å². The Morgan fingerprint density at radius 1 is 1.00 bits per heavy atom. The van der Waals surface area contributed by atoms with Crippen molar-refractivity contribution < 1.29 is 24.2 Å². The number of amides is 1. The third-order valence-corrected chi connectivity index (χ3v) is 6.66. The van der Waals surface area contributed by atoms with Crippen molar-refractivity contribution in [3.63, 3.8) is 0 Å². The summed E-state index contributed by atoms with van der Waals surface area (Å²) in [6, 6.07) is 14.5. The van der Waals surface area contributed by atoms with Crippen LogP contribution >= 0.6 is 11.3 Å². The number of nitrogens with one attached hydrogen (secondary N) is 1. The average molecular weight is 466 g/mol. The molecule has 3 aromatic rings. The standard InChI is InChI=1S/C24H23N3O5S/c28-23(22-2-1-11-33-22)25-18-13-17(24(29)30)4-5-19(18)27-9-7-26(8-10-27)14-16-3-6-20-21(12-16)32-15-31-20/h1-6,11-13H,7-10,14-15H2,(H,25,28)(H,29,30). The number of carbonyl (C=O) groups is 2. The van der Waals surface area contributed by atoms with Crippen molar-refractivity contribution in [2.75, 3.05) is 43.2 Å². The van der Waals surface area contributed by atoms with Crippen molar-refractivity contribution in [1.82, 2.24) is 4.90 Å². The number of carboxylic acids is 1. The monoisotopic (exact) mass is 465 g/mol. The number of fused-ring (bicyclic) bond motifs is 1. The van der Waals surface area contributed by atoms with Crippen LogP contribution in [0.25, 0.3) is 0 Å². The van der Waals surface area contributed by atoms with Crippen LogP contribution in [0.5, 0.6) is 11.5 Å². The molecule has 1 saturated heterocycles. The Labute approximate surface area is 195 Å². The Hall–Kier alpha value is -3.56. The van der Waals surface area contributed by atoms with E-state index in [2.05, 4.69) is 21.2 Å². The van der Waals surface area contributed by atoms with Crippen LogP contribution in [0.4, 0.5) is 11.4 Å². The van der Waals surface area contributed by atoms with Gasteiger partial charge in [-0.3, -0.25) is 9.69 Å². The summed E-state index contributed by atoms with van der Waals surface area (Å²) < 4.78 is 10.9. The molecule has 5 rings (SSSR count). The Morgan fingerprint density at radius 3 is 2.58 bits per heavy atom. The molecule has 0 radical (unpaired) electrons. The number of anilines is 2. The van der Waals surface area contributed by atoms with Gasteiger partial charge in [0.2, 0.25) is 6.79 Å². The largest absolute Gasteiger partial charge is 0.478 e. The van der Waals surface area contributed by atoms with E-state index in [0.29, 0.717) is 10.6 Å². The first-order valence-electron chi connectivity index (χ1n) is 10.6. The maximum Gasteiger partial charge on any atom is 0.335 e. The van der Waals surface area contributed by atoms with Gasteiger partial charge >= 0.3 is 5.97 Å². The molecule has 0 atom stereocenters. The van der Waals surface area contributed by atoms with E-state index in [0.717, 1.165) is 49.9 Å². The molecule has 1 aromatic heterocycles. The Morgan fingerprint density at radius 2 is 1.82 bits per heavy atom. The number of ether oxygens (including phenoxy) is 2. The highest BCUT2D eigenvalue weighted by molar-refractivity contribution is 7.12. The molecule has 2 aliphatic heterocycles. The molecule has 0 aliphatic carbocycles. The van der Waals surface area contributed by atoms with E-state index in [1.54, 1.807) is 18.2 Å². The number of carbonyl (C=O) groups excluding carboxylic acids is 1. The summed E-state index contributed by atoms with van der Waals surface area (Å²) in [5, 5.41) is 14.2. The lowest BCUT2D eigenvalue weighted by molar-refractivity contribution is 0.0696. The number of rotatable bonds is 6. The van der Waals surface area contributed by atoms with E-state index in [-0.39, 0.29) is 18.3 Å². The highest BCUT2D eigenvalue weighted by atomic mass is 32.1. The molecule has 2 N–H and O–H groups in total. The Kier molecular flexibility index (Phi) is 5.89. The maximum atomic E-state index is 12.6. The molecule has 0 saturated carbocycles. The zero-order valence-electron chi connectivity index (χ0n) is 17.8. The summed E-state index contributed by atoms with van der Waals surface area (Å²) in [6.45, 7) is 4.28. The minimum Gasteiger partial charge on any atom is -0.478 e. The lowest BCUT2D eigenvalue weighted by atomic mass is 10.1. The third kappa shape index (κ3) is 4.64. The zero-order valence-corrected chi connectivity index (χ0v) is 18.6. The normalized spacial score (nSPS) is 15.5. The van der Waals surface area contributed by atoms with E-state index in [1.165, 1.54) is 23.0 Å². The molecule has 1 fully saturated rings. The van der Waals surface area contributed by atoms with Crippen LogP contribution in [0.15, 0.2) is 53.9 Å². The van der Waals surface area contributed by atoms with Crippen molar-refractivity contribution in [3.05, 3.63) is 69.9 Å². The third-order valence-electron chi connectivity index (χ3n) is 5.79. The van der Waals surface area contributed by atoms with Crippen LogP contribution in [-0.4, -0.2) is 54.9 Å². The van der Waals surface area contributed by atoms with Crippen LogP contribution in [0.1, 0.15) is 25.6 Å². The number of aromatic carboxylic acids is 1. The molecule has 9 heteroatoms. The summed E-state index contributed by atoms with van der Waals surface area (Å²) in [5.41, 5.74) is 2.65. The molecule has 8 nitrogen and oxygen atoms in total. The first-order valence-corrected chi connectivity index (χ1v) is 11.5. The number of benzene rings is 2. The molecule has 1 amide bonds. The first-order chi connectivity index (χ1) is 16.1. The van der Waals surface area contributed by atoms with Gasteiger partial charge in [-0.1, -0.05) is 12.1 Å². The van der Waals surface area contributed by atoms with E-state index in [1.807, 2.05) is 23.6 Å². The number of carboxylic acid groups (broad SMARTS) is 1. The topological polar surface area (TPSA) is 91.3 Å². The van der Waals surface area contributed by atoms with Crippen molar-refractivity contribution in [2.45, 2.75) is 6.54 Å². The van der Waals surface area contributed by atoms with Gasteiger partial charge in [0.15, 0.2) is 11.5 Å². The molecule has 2 aliphatic rings. The second-order valence-corrected chi connectivity index (χ2v) is 8.87. The molecule has 0 unspecified atom stereocenters. The fraction of sp³-hybridized carbons (Fsp3) is 0.250. The van der Waals surface area contributed by atoms with Gasteiger partial charge in [-0.2, -0.15) is 0 Å². The zero-order chi connectivity index (χ0) is 22.8. The van der Waals surface area contributed by atoms with Crippen LogP contribution < -0.4 is 19.7 Å². The Bertz CT molecular complexity index is 1170. The predicted molar refractivity (Wildman–Crippen MR) is 126 cm³/mol. The van der Waals surface area contributed by atoms with Crippen molar-refractivity contribution >= 4 is 34.6 Å². The van der Waals surface area contributed by atoms with E-state index in [9.17, 15) is 14.7 Å². The summed E-state index contributed by atoms with van der Waals surface area (Å²) in [7, 11) is 0. The van der Waals surface area contributed by atoms with Gasteiger partial charge in [-0.25, -0.2) is 4.79 Å². The van der Waals surface area contributed by atoms with Gasteiger partial charge in [0.05, 0.1) is 21.8 Å². The fourth-order valence-electron chi connectivity index (χ4n) is 4.08. The molecular weight excluding hydrogens is 442 g/mol. The molecule has 170 valence electrons. The average Bonchev–Trinajstić information content (AvgIpc) is 3.52.